The van der Waals surface area contributed by atoms with Crippen LogP contribution < -0.4 is 14.8 Å². The third-order valence-electron chi connectivity index (χ3n) is 3.83. The number of halogens is 2. The third-order valence-corrected chi connectivity index (χ3v) is 5.32. The number of rotatable bonds is 6. The normalized spacial score (nSPS) is 14.6. The van der Waals surface area contributed by atoms with E-state index >= 15 is 0 Å². The standard InChI is InChI=1S/C21H18BrFN2O4S/c1-3-28-17-9-14(10-18-20(27)25-21(30-18)24-12(2)26)8-16(22)19(17)29-11-13-4-6-15(23)7-5-13/h4-10H,3,11H2,1-2H3,(H,24,25,26,27)/b18-10-. The lowest BCUT2D eigenvalue weighted by Crippen LogP contribution is -2.23. The molecule has 0 spiro atoms. The first-order valence-corrected chi connectivity index (χ1v) is 10.6. The van der Waals surface area contributed by atoms with Crippen LogP contribution in [-0.4, -0.2) is 23.6 Å². The summed E-state index contributed by atoms with van der Waals surface area (Å²) in [5.74, 6) is -0.0192. The average Bonchev–Trinajstić information content (AvgIpc) is 3.01. The Balaban J connectivity index is 1.81. The first-order valence-electron chi connectivity index (χ1n) is 8.99. The number of amides is 2. The maximum absolute atomic E-state index is 13.1. The zero-order valence-corrected chi connectivity index (χ0v) is 18.6. The fourth-order valence-electron chi connectivity index (χ4n) is 2.57. The monoisotopic (exact) mass is 492 g/mol. The molecule has 0 unspecified atom stereocenters. The van der Waals surface area contributed by atoms with Gasteiger partial charge in [0.15, 0.2) is 16.7 Å². The Morgan fingerprint density at radius 3 is 2.67 bits per heavy atom. The maximum Gasteiger partial charge on any atom is 0.286 e. The molecule has 9 heteroatoms. The number of benzene rings is 2. The fraction of sp³-hybridized carbons (Fsp3) is 0.190. The van der Waals surface area contributed by atoms with E-state index in [0.717, 1.165) is 17.3 Å². The van der Waals surface area contributed by atoms with Gasteiger partial charge in [-0.05, 0) is 76.1 Å². The molecule has 0 aliphatic carbocycles. The highest BCUT2D eigenvalue weighted by molar-refractivity contribution is 9.10. The Kier molecular flexibility index (Phi) is 7.28. The lowest BCUT2D eigenvalue weighted by molar-refractivity contribution is -0.117. The van der Waals surface area contributed by atoms with Crippen molar-refractivity contribution in [2.75, 3.05) is 6.61 Å². The van der Waals surface area contributed by atoms with Gasteiger partial charge >= 0.3 is 0 Å². The highest BCUT2D eigenvalue weighted by Gasteiger charge is 2.23. The minimum Gasteiger partial charge on any atom is -0.490 e. The van der Waals surface area contributed by atoms with Gasteiger partial charge in [0, 0.05) is 6.92 Å². The number of thioether (sulfide) groups is 1. The summed E-state index contributed by atoms with van der Waals surface area (Å²) < 4.78 is 25.3. The van der Waals surface area contributed by atoms with Crippen molar-refractivity contribution in [3.05, 3.63) is 62.7 Å². The Labute approximate surface area is 185 Å². The molecule has 6 nitrogen and oxygen atoms in total. The Morgan fingerprint density at radius 2 is 2.00 bits per heavy atom. The average molecular weight is 493 g/mol. The molecule has 0 bridgehead atoms. The van der Waals surface area contributed by atoms with E-state index < -0.39 is 5.91 Å². The number of carbonyl (C=O) groups is 2. The van der Waals surface area contributed by atoms with Crippen molar-refractivity contribution < 1.29 is 23.5 Å². The van der Waals surface area contributed by atoms with Crippen LogP contribution in [-0.2, 0) is 16.2 Å². The summed E-state index contributed by atoms with van der Waals surface area (Å²) in [6, 6.07) is 9.60. The first-order chi connectivity index (χ1) is 14.4. The van der Waals surface area contributed by atoms with Gasteiger partial charge in [-0.1, -0.05) is 12.1 Å². The van der Waals surface area contributed by atoms with Crippen molar-refractivity contribution in [2.24, 2.45) is 4.99 Å². The summed E-state index contributed by atoms with van der Waals surface area (Å²) in [6.45, 7) is 3.86. The largest absolute Gasteiger partial charge is 0.490 e. The summed E-state index contributed by atoms with van der Waals surface area (Å²) in [7, 11) is 0. The van der Waals surface area contributed by atoms with E-state index in [4.69, 9.17) is 9.47 Å². The Hall–Kier alpha value is -2.65. The predicted molar refractivity (Wildman–Crippen MR) is 118 cm³/mol. The number of nitrogens with one attached hydrogen (secondary N) is 1. The van der Waals surface area contributed by atoms with Crippen LogP contribution in [0.5, 0.6) is 11.5 Å². The van der Waals surface area contributed by atoms with Crippen LogP contribution >= 0.6 is 27.7 Å². The molecule has 0 radical (unpaired) electrons. The molecule has 2 aromatic rings. The van der Waals surface area contributed by atoms with E-state index in [-0.39, 0.29) is 23.5 Å². The molecule has 1 N–H and O–H groups in total. The van der Waals surface area contributed by atoms with Crippen molar-refractivity contribution in [1.29, 1.82) is 0 Å². The first kappa shape index (κ1) is 22.0. The second kappa shape index (κ2) is 9.90. The molecule has 1 aliphatic heterocycles. The van der Waals surface area contributed by atoms with Crippen LogP contribution in [0.1, 0.15) is 25.0 Å². The van der Waals surface area contributed by atoms with E-state index in [2.05, 4.69) is 26.2 Å². The molecule has 0 fully saturated rings. The minimum atomic E-state index is -0.422. The summed E-state index contributed by atoms with van der Waals surface area (Å²) >= 11 is 4.58. The van der Waals surface area contributed by atoms with Crippen LogP contribution in [0.3, 0.4) is 0 Å². The van der Waals surface area contributed by atoms with Crippen molar-refractivity contribution >= 4 is 50.7 Å². The molecule has 156 valence electrons. The zero-order chi connectivity index (χ0) is 21.7. The lowest BCUT2D eigenvalue weighted by atomic mass is 10.1. The molecule has 0 saturated heterocycles. The lowest BCUT2D eigenvalue weighted by Gasteiger charge is -2.15. The number of nitrogens with zero attached hydrogens (tertiary/aromatic N) is 1. The number of hydrogen-bond donors (Lipinski definition) is 1. The minimum absolute atomic E-state index is 0.238. The summed E-state index contributed by atoms with van der Waals surface area (Å²) in [4.78, 5) is 27.5. The summed E-state index contributed by atoms with van der Waals surface area (Å²) in [5, 5.41) is 2.76. The summed E-state index contributed by atoms with van der Waals surface area (Å²) in [5.41, 5.74) is 1.52. The van der Waals surface area contributed by atoms with E-state index in [1.807, 2.05) is 6.92 Å². The molecule has 2 aromatic carbocycles. The van der Waals surface area contributed by atoms with Crippen LogP contribution in [0.25, 0.3) is 6.08 Å². The van der Waals surface area contributed by atoms with Gasteiger partial charge in [-0.15, -0.1) is 0 Å². The van der Waals surface area contributed by atoms with E-state index in [1.165, 1.54) is 19.1 Å². The number of ether oxygens (including phenoxy) is 2. The van der Waals surface area contributed by atoms with Gasteiger partial charge in [0.1, 0.15) is 12.4 Å². The zero-order valence-electron chi connectivity index (χ0n) is 16.2. The SMILES string of the molecule is CCOc1cc(/C=C2\SC(NC(C)=O)=NC2=O)cc(Br)c1OCc1ccc(F)cc1. The second-order valence-electron chi connectivity index (χ2n) is 6.19. The molecule has 1 heterocycles. The molecule has 3 rings (SSSR count). The molecular weight excluding hydrogens is 475 g/mol. The number of hydrogen-bond acceptors (Lipinski definition) is 5. The van der Waals surface area contributed by atoms with Crippen molar-refractivity contribution in [3.63, 3.8) is 0 Å². The van der Waals surface area contributed by atoms with Gasteiger partial charge in [-0.3, -0.25) is 9.59 Å². The Morgan fingerprint density at radius 1 is 1.27 bits per heavy atom. The highest BCUT2D eigenvalue weighted by atomic mass is 79.9. The van der Waals surface area contributed by atoms with Gasteiger partial charge in [-0.2, -0.15) is 4.99 Å². The van der Waals surface area contributed by atoms with E-state index in [9.17, 15) is 14.0 Å². The van der Waals surface area contributed by atoms with Crippen LogP contribution in [0.2, 0.25) is 0 Å². The van der Waals surface area contributed by atoms with Crippen molar-refractivity contribution in [3.8, 4) is 11.5 Å². The number of amidine groups is 1. The molecule has 2 amide bonds. The summed E-state index contributed by atoms with van der Waals surface area (Å²) in [6.07, 6.45) is 1.67. The van der Waals surface area contributed by atoms with E-state index in [0.29, 0.717) is 33.0 Å². The van der Waals surface area contributed by atoms with E-state index in [1.54, 1.807) is 30.3 Å². The Bertz CT molecular complexity index is 1040. The predicted octanol–water partition coefficient (Wildman–Crippen LogP) is 4.67. The molecule has 0 aromatic heterocycles. The molecule has 0 saturated carbocycles. The van der Waals surface area contributed by atoms with Gasteiger partial charge in [-0.25, -0.2) is 4.39 Å². The van der Waals surface area contributed by atoms with Crippen LogP contribution in [0.15, 0.2) is 50.8 Å². The number of aliphatic imine (C=N–C) groups is 1. The second-order valence-corrected chi connectivity index (χ2v) is 8.08. The maximum atomic E-state index is 13.1. The van der Waals surface area contributed by atoms with Crippen molar-refractivity contribution in [2.45, 2.75) is 20.5 Å². The van der Waals surface area contributed by atoms with Crippen molar-refractivity contribution in [1.82, 2.24) is 5.32 Å². The van der Waals surface area contributed by atoms with Crippen LogP contribution in [0.4, 0.5) is 4.39 Å². The topological polar surface area (TPSA) is 77.0 Å². The van der Waals surface area contributed by atoms with Gasteiger partial charge in [0.25, 0.3) is 5.91 Å². The number of carbonyl (C=O) groups excluding carboxylic acids is 2. The molecule has 0 atom stereocenters. The fourth-order valence-corrected chi connectivity index (χ4v) is 4.01. The molecule has 1 aliphatic rings. The quantitative estimate of drug-likeness (QED) is 0.592. The third kappa shape index (κ3) is 5.70. The molecular formula is C21H18BrFN2O4S. The smallest absolute Gasteiger partial charge is 0.286 e. The highest BCUT2D eigenvalue weighted by Crippen LogP contribution is 2.39. The molecule has 30 heavy (non-hydrogen) atoms. The van der Waals surface area contributed by atoms with Gasteiger partial charge in [0.2, 0.25) is 5.91 Å². The van der Waals surface area contributed by atoms with Crippen LogP contribution in [0, 0.1) is 5.82 Å². The van der Waals surface area contributed by atoms with Gasteiger partial charge in [0.05, 0.1) is 16.0 Å². The van der Waals surface area contributed by atoms with Gasteiger partial charge < -0.3 is 14.8 Å².